The van der Waals surface area contributed by atoms with Crippen LogP contribution in [0, 0.1) is 18.6 Å². The molecule has 0 unspecified atom stereocenters. The van der Waals surface area contributed by atoms with E-state index in [9.17, 15) is 13.6 Å². The SMILES string of the molecule is Cc1c(C(=O)CCN2CCN(c3cc(F)cc(F)c3)CC2)cnn1-c1c(Cl)cc(Cl)cc1Cl. The van der Waals surface area contributed by atoms with Crippen LogP contribution < -0.4 is 4.90 Å². The molecule has 174 valence electrons. The quantitative estimate of drug-likeness (QED) is 0.390. The second kappa shape index (κ2) is 9.97. The highest BCUT2D eigenvalue weighted by Gasteiger charge is 2.22. The molecule has 2 aromatic carbocycles. The predicted molar refractivity (Wildman–Crippen MR) is 127 cm³/mol. The Balaban J connectivity index is 1.37. The van der Waals surface area contributed by atoms with Gasteiger partial charge in [0.2, 0.25) is 0 Å². The molecule has 0 N–H and O–H groups in total. The Morgan fingerprint density at radius 2 is 1.58 bits per heavy atom. The molecule has 2 heterocycles. The van der Waals surface area contributed by atoms with Gasteiger partial charge in [0.15, 0.2) is 5.78 Å². The summed E-state index contributed by atoms with van der Waals surface area (Å²) in [6.07, 6.45) is 1.85. The molecule has 1 saturated heterocycles. The van der Waals surface area contributed by atoms with Gasteiger partial charge >= 0.3 is 0 Å². The number of carbonyl (C=O) groups is 1. The molecule has 1 aliphatic rings. The van der Waals surface area contributed by atoms with E-state index in [0.29, 0.717) is 76.8 Å². The van der Waals surface area contributed by atoms with Crippen molar-refractivity contribution >= 4 is 46.3 Å². The van der Waals surface area contributed by atoms with Crippen LogP contribution in [0.4, 0.5) is 14.5 Å². The molecule has 33 heavy (non-hydrogen) atoms. The van der Waals surface area contributed by atoms with Gasteiger partial charge in [-0.05, 0) is 31.2 Å². The average molecular weight is 514 g/mol. The molecule has 0 saturated carbocycles. The molecule has 1 aromatic heterocycles. The Bertz CT molecular complexity index is 1150. The van der Waals surface area contributed by atoms with E-state index in [4.69, 9.17) is 34.8 Å². The van der Waals surface area contributed by atoms with E-state index >= 15 is 0 Å². The van der Waals surface area contributed by atoms with E-state index in [1.165, 1.54) is 18.3 Å². The van der Waals surface area contributed by atoms with Gasteiger partial charge in [-0.25, -0.2) is 13.5 Å². The summed E-state index contributed by atoms with van der Waals surface area (Å²) in [5.41, 5.74) is 2.16. The number of piperazine rings is 1. The van der Waals surface area contributed by atoms with Crippen LogP contribution in [0.25, 0.3) is 5.69 Å². The molecule has 0 radical (unpaired) electrons. The van der Waals surface area contributed by atoms with Gasteiger partial charge in [0.25, 0.3) is 0 Å². The number of ketones is 1. The molecule has 3 aromatic rings. The van der Waals surface area contributed by atoms with E-state index in [1.54, 1.807) is 23.7 Å². The third-order valence-electron chi connectivity index (χ3n) is 5.74. The van der Waals surface area contributed by atoms with E-state index < -0.39 is 11.6 Å². The number of hydrogen-bond acceptors (Lipinski definition) is 4. The molecule has 0 amide bonds. The molecule has 0 atom stereocenters. The van der Waals surface area contributed by atoms with Gasteiger partial charge in [0.1, 0.15) is 17.3 Å². The number of carbonyl (C=O) groups excluding carboxylic acids is 1. The van der Waals surface area contributed by atoms with Gasteiger partial charge in [-0.15, -0.1) is 0 Å². The number of halogens is 5. The standard InChI is InChI=1S/C23H21Cl3F2N4O/c1-14-19(13-29-32(14)23-20(25)8-15(24)9-21(23)26)22(33)2-3-30-4-6-31(7-5-30)18-11-16(27)10-17(28)12-18/h8-13H,2-7H2,1H3. The number of anilines is 1. The van der Waals surface area contributed by atoms with E-state index in [1.807, 2.05) is 4.90 Å². The molecule has 10 heteroatoms. The van der Waals surface area contributed by atoms with Crippen LogP contribution in [0.3, 0.4) is 0 Å². The maximum absolute atomic E-state index is 13.5. The summed E-state index contributed by atoms with van der Waals surface area (Å²) >= 11 is 18.6. The van der Waals surface area contributed by atoms with Gasteiger partial charge in [-0.1, -0.05) is 34.8 Å². The average Bonchev–Trinajstić information content (AvgIpc) is 3.12. The van der Waals surface area contributed by atoms with Gasteiger partial charge in [-0.2, -0.15) is 5.10 Å². The Morgan fingerprint density at radius 1 is 0.970 bits per heavy atom. The minimum Gasteiger partial charge on any atom is -0.369 e. The van der Waals surface area contributed by atoms with Crippen molar-refractivity contribution in [3.8, 4) is 5.69 Å². The number of hydrogen-bond donors (Lipinski definition) is 0. The highest BCUT2D eigenvalue weighted by molar-refractivity contribution is 6.40. The fourth-order valence-corrected chi connectivity index (χ4v) is 4.97. The van der Waals surface area contributed by atoms with E-state index in [2.05, 4.69) is 10.00 Å². The summed E-state index contributed by atoms with van der Waals surface area (Å²) in [5.74, 6) is -1.21. The van der Waals surface area contributed by atoms with Crippen LogP contribution in [-0.4, -0.2) is 53.2 Å². The molecule has 5 nitrogen and oxygen atoms in total. The Kier molecular flexibility index (Phi) is 7.24. The normalized spacial score (nSPS) is 14.7. The molecule has 0 bridgehead atoms. The summed E-state index contributed by atoms with van der Waals surface area (Å²) < 4.78 is 28.5. The van der Waals surface area contributed by atoms with Crippen molar-refractivity contribution in [1.82, 2.24) is 14.7 Å². The first-order valence-corrected chi connectivity index (χ1v) is 11.5. The van der Waals surface area contributed by atoms with Crippen molar-refractivity contribution in [3.05, 3.63) is 74.5 Å². The monoisotopic (exact) mass is 512 g/mol. The fourth-order valence-electron chi connectivity index (χ4n) is 3.99. The van der Waals surface area contributed by atoms with Crippen LogP contribution >= 0.6 is 34.8 Å². The minimum atomic E-state index is -0.588. The zero-order chi connectivity index (χ0) is 23.7. The Hall–Kier alpha value is -2.19. The maximum atomic E-state index is 13.5. The first-order chi connectivity index (χ1) is 15.7. The topological polar surface area (TPSA) is 41.4 Å². The molecular weight excluding hydrogens is 493 g/mol. The van der Waals surface area contributed by atoms with Crippen molar-refractivity contribution in [2.24, 2.45) is 0 Å². The fraction of sp³-hybridized carbons (Fsp3) is 0.304. The van der Waals surface area contributed by atoms with Crippen LogP contribution in [0.2, 0.25) is 15.1 Å². The number of benzene rings is 2. The van der Waals surface area contributed by atoms with Gasteiger partial charge in [0, 0.05) is 55.9 Å². The lowest BCUT2D eigenvalue weighted by atomic mass is 10.1. The number of nitrogens with zero attached hydrogens (tertiary/aromatic N) is 4. The molecule has 0 aliphatic carbocycles. The summed E-state index contributed by atoms with van der Waals surface area (Å²) in [7, 11) is 0. The van der Waals surface area contributed by atoms with Crippen molar-refractivity contribution in [2.45, 2.75) is 13.3 Å². The minimum absolute atomic E-state index is 0.0328. The third-order valence-corrected chi connectivity index (χ3v) is 6.54. The second-order valence-electron chi connectivity index (χ2n) is 7.90. The summed E-state index contributed by atoms with van der Waals surface area (Å²) in [6, 6.07) is 6.68. The maximum Gasteiger partial charge on any atom is 0.167 e. The molecule has 4 rings (SSSR count). The van der Waals surface area contributed by atoms with Crippen LogP contribution in [-0.2, 0) is 0 Å². The highest BCUT2D eigenvalue weighted by Crippen LogP contribution is 2.33. The molecular formula is C23H21Cl3F2N4O. The highest BCUT2D eigenvalue weighted by atomic mass is 35.5. The zero-order valence-electron chi connectivity index (χ0n) is 17.8. The van der Waals surface area contributed by atoms with Crippen LogP contribution in [0.15, 0.2) is 36.5 Å². The lowest BCUT2D eigenvalue weighted by molar-refractivity contribution is 0.0962. The summed E-state index contributed by atoms with van der Waals surface area (Å²) in [6.45, 7) is 5.01. The van der Waals surface area contributed by atoms with Gasteiger partial charge in [0.05, 0.1) is 27.5 Å². The Morgan fingerprint density at radius 3 is 2.18 bits per heavy atom. The first kappa shape index (κ1) is 24.0. The van der Waals surface area contributed by atoms with Crippen molar-refractivity contribution in [2.75, 3.05) is 37.6 Å². The molecule has 1 aliphatic heterocycles. The molecule has 0 spiro atoms. The lowest BCUT2D eigenvalue weighted by Gasteiger charge is -2.36. The van der Waals surface area contributed by atoms with Gasteiger partial charge in [-0.3, -0.25) is 9.69 Å². The Labute approximate surface area is 205 Å². The zero-order valence-corrected chi connectivity index (χ0v) is 20.1. The van der Waals surface area contributed by atoms with Crippen molar-refractivity contribution in [1.29, 1.82) is 0 Å². The van der Waals surface area contributed by atoms with Crippen molar-refractivity contribution < 1.29 is 13.6 Å². The van der Waals surface area contributed by atoms with Gasteiger partial charge < -0.3 is 4.90 Å². The third kappa shape index (κ3) is 5.32. The second-order valence-corrected chi connectivity index (χ2v) is 9.15. The van der Waals surface area contributed by atoms with Crippen LogP contribution in [0.1, 0.15) is 22.5 Å². The largest absolute Gasteiger partial charge is 0.369 e. The number of rotatable bonds is 6. The number of Topliss-reactive ketones (excluding diaryl/α,β-unsaturated/α-hetero) is 1. The van der Waals surface area contributed by atoms with E-state index in [0.717, 1.165) is 6.07 Å². The lowest BCUT2D eigenvalue weighted by Crippen LogP contribution is -2.47. The molecule has 1 fully saturated rings. The van der Waals surface area contributed by atoms with Crippen LogP contribution in [0.5, 0.6) is 0 Å². The van der Waals surface area contributed by atoms with Crippen molar-refractivity contribution in [3.63, 3.8) is 0 Å². The predicted octanol–water partition coefficient (Wildman–Crippen LogP) is 5.81. The first-order valence-electron chi connectivity index (χ1n) is 10.4. The van der Waals surface area contributed by atoms with E-state index in [-0.39, 0.29) is 5.78 Å². The number of aromatic nitrogens is 2. The summed E-state index contributed by atoms with van der Waals surface area (Å²) in [4.78, 5) is 17.0. The smallest absolute Gasteiger partial charge is 0.167 e. The summed E-state index contributed by atoms with van der Waals surface area (Å²) in [5, 5.41) is 5.41.